The Morgan fingerprint density at radius 2 is 1.73 bits per heavy atom. The van der Waals surface area contributed by atoms with E-state index in [1.807, 2.05) is 12.1 Å². The van der Waals surface area contributed by atoms with Crippen molar-refractivity contribution < 1.29 is 29.3 Å². The molecule has 0 aromatic heterocycles. The maximum absolute atomic E-state index is 13.0. The minimum Gasteiger partial charge on any atom is -0.507 e. The first-order valence-corrected chi connectivity index (χ1v) is 11.6. The predicted octanol–water partition coefficient (Wildman–Crippen LogP) is 3.91. The van der Waals surface area contributed by atoms with Crippen LogP contribution in [0.2, 0.25) is 0 Å². The topological polar surface area (TPSA) is 96.3 Å². The van der Waals surface area contributed by atoms with Crippen molar-refractivity contribution in [2.24, 2.45) is 5.92 Å². The zero-order valence-corrected chi connectivity index (χ0v) is 20.2. The molecule has 2 aromatic rings. The molecule has 0 aliphatic carbocycles. The highest BCUT2D eigenvalue weighted by atomic mass is 79.9. The van der Waals surface area contributed by atoms with Gasteiger partial charge in [-0.15, -0.1) is 0 Å². The van der Waals surface area contributed by atoms with E-state index in [9.17, 15) is 14.7 Å². The van der Waals surface area contributed by atoms with Gasteiger partial charge < -0.3 is 24.6 Å². The van der Waals surface area contributed by atoms with Crippen molar-refractivity contribution in [2.75, 3.05) is 33.0 Å². The van der Waals surface area contributed by atoms with Crippen LogP contribution in [-0.4, -0.2) is 59.8 Å². The number of ketones is 1. The van der Waals surface area contributed by atoms with Crippen LogP contribution in [0.3, 0.4) is 0 Å². The lowest BCUT2D eigenvalue weighted by molar-refractivity contribution is -0.140. The van der Waals surface area contributed by atoms with Crippen molar-refractivity contribution in [1.82, 2.24) is 4.90 Å². The van der Waals surface area contributed by atoms with E-state index in [2.05, 4.69) is 29.8 Å². The predicted molar refractivity (Wildman–Crippen MR) is 128 cm³/mol. The van der Waals surface area contributed by atoms with Crippen LogP contribution in [0.1, 0.15) is 31.0 Å². The second-order valence-electron chi connectivity index (χ2n) is 8.11. The molecule has 1 saturated heterocycles. The zero-order valence-electron chi connectivity index (χ0n) is 18.7. The number of halogens is 1. The van der Waals surface area contributed by atoms with Gasteiger partial charge in [0.1, 0.15) is 11.5 Å². The molecule has 0 radical (unpaired) electrons. The van der Waals surface area contributed by atoms with Crippen LogP contribution in [0.4, 0.5) is 0 Å². The van der Waals surface area contributed by atoms with Crippen molar-refractivity contribution in [1.29, 1.82) is 0 Å². The number of benzene rings is 2. The maximum Gasteiger partial charge on any atom is 0.295 e. The fourth-order valence-corrected chi connectivity index (χ4v) is 3.82. The van der Waals surface area contributed by atoms with Gasteiger partial charge in [-0.05, 0) is 47.9 Å². The van der Waals surface area contributed by atoms with Gasteiger partial charge in [0.15, 0.2) is 0 Å². The number of carbonyl (C=O) groups is 2. The highest BCUT2D eigenvalue weighted by molar-refractivity contribution is 9.10. The third-order valence-electron chi connectivity index (χ3n) is 5.15. The molecule has 7 nitrogen and oxygen atoms in total. The van der Waals surface area contributed by atoms with Gasteiger partial charge in [-0.3, -0.25) is 9.59 Å². The number of amides is 1. The number of hydrogen-bond donors (Lipinski definition) is 2. The fourth-order valence-electron chi connectivity index (χ4n) is 3.56. The third-order valence-corrected chi connectivity index (χ3v) is 5.68. The number of likely N-dealkylation sites (tertiary alicyclic amines) is 1. The van der Waals surface area contributed by atoms with E-state index in [0.717, 1.165) is 4.47 Å². The van der Waals surface area contributed by atoms with Crippen LogP contribution in [0.25, 0.3) is 5.76 Å². The van der Waals surface area contributed by atoms with Crippen molar-refractivity contribution in [3.05, 3.63) is 69.7 Å². The van der Waals surface area contributed by atoms with Crippen LogP contribution >= 0.6 is 15.9 Å². The summed E-state index contributed by atoms with van der Waals surface area (Å²) in [7, 11) is 0. The first kappa shape index (κ1) is 25.0. The first-order valence-electron chi connectivity index (χ1n) is 10.8. The molecule has 1 aliphatic heterocycles. The minimum atomic E-state index is -0.757. The molecule has 2 aromatic carbocycles. The SMILES string of the molecule is CC(C)COc1ccc(/C(O)=C2\C(=O)C(=O)N(CCOCCO)C2c2ccc(Br)cc2)cc1. The monoisotopic (exact) mass is 517 g/mol. The molecule has 0 spiro atoms. The van der Waals surface area contributed by atoms with Crippen molar-refractivity contribution >= 4 is 33.4 Å². The van der Waals surface area contributed by atoms with E-state index in [1.54, 1.807) is 36.4 Å². The van der Waals surface area contributed by atoms with Crippen molar-refractivity contribution in [3.8, 4) is 5.75 Å². The van der Waals surface area contributed by atoms with E-state index >= 15 is 0 Å². The Morgan fingerprint density at radius 1 is 1.06 bits per heavy atom. The Bertz CT molecular complexity index is 1000. The summed E-state index contributed by atoms with van der Waals surface area (Å²) in [6.45, 7) is 4.97. The number of Topliss-reactive ketones (excluding diaryl/α,β-unsaturated/α-hetero) is 1. The second-order valence-corrected chi connectivity index (χ2v) is 9.02. The third kappa shape index (κ3) is 6.01. The molecule has 1 amide bonds. The summed E-state index contributed by atoms with van der Waals surface area (Å²) in [4.78, 5) is 27.3. The first-order chi connectivity index (χ1) is 15.8. The summed E-state index contributed by atoms with van der Waals surface area (Å²) in [5.41, 5.74) is 1.14. The quantitative estimate of drug-likeness (QED) is 0.214. The van der Waals surface area contributed by atoms with Gasteiger partial charge in [0.2, 0.25) is 0 Å². The minimum absolute atomic E-state index is 0.0281. The van der Waals surface area contributed by atoms with E-state index < -0.39 is 17.7 Å². The molecular formula is C25H28BrNO6. The summed E-state index contributed by atoms with van der Waals surface area (Å²) >= 11 is 3.40. The van der Waals surface area contributed by atoms with Gasteiger partial charge >= 0.3 is 0 Å². The highest BCUT2D eigenvalue weighted by Crippen LogP contribution is 2.39. The molecule has 1 heterocycles. The molecule has 8 heteroatoms. The lowest BCUT2D eigenvalue weighted by Gasteiger charge is -2.25. The second kappa shape index (κ2) is 11.4. The van der Waals surface area contributed by atoms with Gasteiger partial charge in [0, 0.05) is 16.6 Å². The number of hydrogen-bond acceptors (Lipinski definition) is 6. The van der Waals surface area contributed by atoms with Crippen LogP contribution < -0.4 is 4.74 Å². The number of carbonyl (C=O) groups excluding carboxylic acids is 2. The van der Waals surface area contributed by atoms with Gasteiger partial charge in [0.25, 0.3) is 11.7 Å². The van der Waals surface area contributed by atoms with Gasteiger partial charge in [0.05, 0.1) is 38.0 Å². The number of aliphatic hydroxyl groups excluding tert-OH is 2. The average Bonchev–Trinajstić information content (AvgIpc) is 3.06. The summed E-state index contributed by atoms with van der Waals surface area (Å²) < 4.78 is 11.8. The Balaban J connectivity index is 1.97. The molecule has 1 atom stereocenters. The van der Waals surface area contributed by atoms with E-state index in [4.69, 9.17) is 14.6 Å². The normalized spacial score (nSPS) is 17.7. The molecule has 176 valence electrons. The molecule has 1 unspecified atom stereocenters. The molecule has 33 heavy (non-hydrogen) atoms. The Kier molecular flexibility index (Phi) is 8.66. The van der Waals surface area contributed by atoms with Crippen LogP contribution in [-0.2, 0) is 14.3 Å². The standard InChI is InChI=1S/C25H28BrNO6/c1-16(2)15-33-20-9-5-18(6-10-20)23(29)21-22(17-3-7-19(26)8-4-17)27(25(31)24(21)30)11-13-32-14-12-28/h3-10,16,22,28-29H,11-15H2,1-2H3/b23-21+. The van der Waals surface area contributed by atoms with Gasteiger partial charge in [-0.1, -0.05) is 41.9 Å². The number of ether oxygens (including phenoxy) is 2. The Labute approximate surface area is 201 Å². The van der Waals surface area contributed by atoms with Crippen LogP contribution in [0.15, 0.2) is 58.6 Å². The molecule has 1 aliphatic rings. The molecule has 3 rings (SSSR count). The summed E-state index contributed by atoms with van der Waals surface area (Å²) in [6, 6.07) is 13.3. The smallest absolute Gasteiger partial charge is 0.295 e. The summed E-state index contributed by atoms with van der Waals surface area (Å²) in [6.07, 6.45) is 0. The number of aliphatic hydroxyl groups is 2. The summed E-state index contributed by atoms with van der Waals surface area (Å²) in [5, 5.41) is 20.0. The molecule has 0 bridgehead atoms. The fraction of sp³-hybridized carbons (Fsp3) is 0.360. The maximum atomic E-state index is 13.0. The van der Waals surface area contributed by atoms with Gasteiger partial charge in [-0.25, -0.2) is 0 Å². The zero-order chi connectivity index (χ0) is 24.0. The Morgan fingerprint density at radius 3 is 2.33 bits per heavy atom. The van der Waals surface area contributed by atoms with E-state index in [1.165, 1.54) is 4.90 Å². The van der Waals surface area contributed by atoms with Crippen LogP contribution in [0, 0.1) is 5.92 Å². The largest absolute Gasteiger partial charge is 0.507 e. The lowest BCUT2D eigenvalue weighted by atomic mass is 9.95. The number of nitrogens with zero attached hydrogens (tertiary/aromatic N) is 1. The lowest BCUT2D eigenvalue weighted by Crippen LogP contribution is -2.33. The van der Waals surface area contributed by atoms with Crippen LogP contribution in [0.5, 0.6) is 5.75 Å². The average molecular weight is 518 g/mol. The van der Waals surface area contributed by atoms with Crippen molar-refractivity contribution in [3.63, 3.8) is 0 Å². The molecule has 0 saturated carbocycles. The van der Waals surface area contributed by atoms with Gasteiger partial charge in [-0.2, -0.15) is 0 Å². The molecule has 1 fully saturated rings. The number of rotatable bonds is 10. The Hall–Kier alpha value is -2.68. The van der Waals surface area contributed by atoms with Crippen molar-refractivity contribution in [2.45, 2.75) is 19.9 Å². The van der Waals surface area contributed by atoms with E-state index in [-0.39, 0.29) is 37.7 Å². The molecule has 2 N–H and O–H groups in total. The molecular weight excluding hydrogens is 490 g/mol. The highest BCUT2D eigenvalue weighted by Gasteiger charge is 2.45. The van der Waals surface area contributed by atoms with E-state index in [0.29, 0.717) is 29.4 Å². The summed E-state index contributed by atoms with van der Waals surface area (Å²) in [5.74, 6) is -0.653.